The predicted octanol–water partition coefficient (Wildman–Crippen LogP) is 2.27. The molecule has 1 fully saturated rings. The maximum absolute atomic E-state index is 6.31. The number of piperazine rings is 1. The third-order valence-electron chi connectivity index (χ3n) is 4.87. The van der Waals surface area contributed by atoms with Crippen molar-refractivity contribution >= 4 is 34.3 Å². The Bertz CT molecular complexity index is 886. The van der Waals surface area contributed by atoms with Crippen molar-refractivity contribution in [2.45, 2.75) is 13.0 Å². The number of hydrogen-bond acceptors (Lipinski definition) is 6. The van der Waals surface area contributed by atoms with Gasteiger partial charge in [-0.1, -0.05) is 23.7 Å². The normalized spacial score (nSPS) is 15.7. The average Bonchev–Trinajstić information content (AvgIpc) is 3.08. The average molecular weight is 372 g/mol. The van der Waals surface area contributed by atoms with Crippen LogP contribution in [0.5, 0.6) is 0 Å². The Morgan fingerprint density at radius 2 is 1.81 bits per heavy atom. The van der Waals surface area contributed by atoms with E-state index < -0.39 is 0 Å². The van der Waals surface area contributed by atoms with E-state index in [4.69, 9.17) is 17.3 Å². The van der Waals surface area contributed by atoms with Crippen LogP contribution in [-0.2, 0) is 6.54 Å². The predicted molar refractivity (Wildman–Crippen MR) is 104 cm³/mol. The zero-order chi connectivity index (χ0) is 17.9. The number of para-hydroxylation sites is 1. The first-order valence-corrected chi connectivity index (χ1v) is 9.23. The Morgan fingerprint density at radius 3 is 2.62 bits per heavy atom. The largest absolute Gasteiger partial charge is 0.382 e. The van der Waals surface area contributed by atoms with Crippen molar-refractivity contribution in [2.24, 2.45) is 0 Å². The fraction of sp³-hybridized carbons (Fsp3) is 0.389. The minimum Gasteiger partial charge on any atom is -0.382 e. The van der Waals surface area contributed by atoms with Gasteiger partial charge in [-0.05, 0) is 25.1 Å². The molecule has 0 spiro atoms. The Labute approximate surface area is 157 Å². The van der Waals surface area contributed by atoms with Gasteiger partial charge in [0, 0.05) is 32.7 Å². The number of rotatable bonds is 5. The summed E-state index contributed by atoms with van der Waals surface area (Å²) in [5, 5.41) is 0.828. The molecular formula is C18H22ClN7. The number of benzene rings is 1. The van der Waals surface area contributed by atoms with Crippen LogP contribution in [0.2, 0.25) is 5.02 Å². The number of imidazole rings is 1. The lowest BCUT2D eigenvalue weighted by molar-refractivity contribution is 0.251. The first-order valence-electron chi connectivity index (χ1n) is 8.85. The van der Waals surface area contributed by atoms with Gasteiger partial charge in [-0.15, -0.1) is 0 Å². The quantitative estimate of drug-likeness (QED) is 0.741. The molecule has 2 aromatic heterocycles. The standard InChI is InChI=1S/C18H22ClN7/c19-14-4-1-2-5-15(14)25-10-8-24(9-11-25)6-3-7-26-13-23-16-17(20)21-12-22-18(16)26/h1-2,4-5,12-13H,3,6-11H2,(H2,20,21,22). The molecule has 0 atom stereocenters. The molecule has 1 aliphatic heterocycles. The van der Waals surface area contributed by atoms with Gasteiger partial charge in [0.1, 0.15) is 11.8 Å². The van der Waals surface area contributed by atoms with E-state index in [0.717, 1.165) is 62.0 Å². The molecule has 0 aliphatic carbocycles. The van der Waals surface area contributed by atoms with Gasteiger partial charge >= 0.3 is 0 Å². The van der Waals surface area contributed by atoms with Crippen LogP contribution in [0, 0.1) is 0 Å². The molecule has 26 heavy (non-hydrogen) atoms. The van der Waals surface area contributed by atoms with E-state index in [2.05, 4.69) is 30.8 Å². The monoisotopic (exact) mass is 371 g/mol. The molecule has 0 unspecified atom stereocenters. The summed E-state index contributed by atoms with van der Waals surface area (Å²) in [5.41, 5.74) is 8.46. The summed E-state index contributed by atoms with van der Waals surface area (Å²) in [6.07, 6.45) is 4.33. The SMILES string of the molecule is Nc1ncnc2c1ncn2CCCN1CCN(c2ccccc2Cl)CC1. The van der Waals surface area contributed by atoms with E-state index in [9.17, 15) is 0 Å². The van der Waals surface area contributed by atoms with E-state index in [1.165, 1.54) is 6.33 Å². The van der Waals surface area contributed by atoms with Crippen molar-refractivity contribution in [3.05, 3.63) is 41.9 Å². The molecule has 3 heterocycles. The number of fused-ring (bicyclic) bond motifs is 1. The van der Waals surface area contributed by atoms with Gasteiger partial charge in [-0.2, -0.15) is 0 Å². The van der Waals surface area contributed by atoms with Crippen molar-refractivity contribution in [3.63, 3.8) is 0 Å². The number of nitrogens with zero attached hydrogens (tertiary/aromatic N) is 6. The molecule has 4 rings (SSSR count). The summed E-state index contributed by atoms with van der Waals surface area (Å²) in [7, 11) is 0. The van der Waals surface area contributed by atoms with Gasteiger partial charge in [0.25, 0.3) is 0 Å². The summed E-state index contributed by atoms with van der Waals surface area (Å²) in [6, 6.07) is 8.06. The lowest BCUT2D eigenvalue weighted by Gasteiger charge is -2.36. The summed E-state index contributed by atoms with van der Waals surface area (Å²) in [4.78, 5) is 17.5. The highest BCUT2D eigenvalue weighted by atomic mass is 35.5. The van der Waals surface area contributed by atoms with Crippen molar-refractivity contribution in [1.29, 1.82) is 0 Å². The third kappa shape index (κ3) is 3.45. The maximum Gasteiger partial charge on any atom is 0.165 e. The first kappa shape index (κ1) is 17.1. The molecule has 7 nitrogen and oxygen atoms in total. The lowest BCUT2D eigenvalue weighted by atomic mass is 10.2. The van der Waals surface area contributed by atoms with Crippen LogP contribution >= 0.6 is 11.6 Å². The Balaban J connectivity index is 1.29. The zero-order valence-electron chi connectivity index (χ0n) is 14.6. The first-order chi connectivity index (χ1) is 12.7. The van der Waals surface area contributed by atoms with E-state index in [1.54, 1.807) is 6.33 Å². The van der Waals surface area contributed by atoms with Crippen molar-refractivity contribution in [2.75, 3.05) is 43.4 Å². The van der Waals surface area contributed by atoms with Gasteiger partial charge in [0.2, 0.25) is 0 Å². The third-order valence-corrected chi connectivity index (χ3v) is 5.19. The van der Waals surface area contributed by atoms with Gasteiger partial charge in [-0.3, -0.25) is 4.90 Å². The molecule has 3 aromatic rings. The molecule has 1 saturated heterocycles. The van der Waals surface area contributed by atoms with Crippen LogP contribution in [0.3, 0.4) is 0 Å². The minimum atomic E-state index is 0.435. The second-order valence-electron chi connectivity index (χ2n) is 6.50. The number of nitrogens with two attached hydrogens (primary N) is 1. The smallest absolute Gasteiger partial charge is 0.165 e. The zero-order valence-corrected chi connectivity index (χ0v) is 15.3. The van der Waals surface area contributed by atoms with Crippen LogP contribution in [0.1, 0.15) is 6.42 Å². The fourth-order valence-corrected chi connectivity index (χ4v) is 3.70. The molecule has 0 bridgehead atoms. The van der Waals surface area contributed by atoms with Crippen molar-refractivity contribution < 1.29 is 0 Å². The van der Waals surface area contributed by atoms with Crippen molar-refractivity contribution in [1.82, 2.24) is 24.4 Å². The van der Waals surface area contributed by atoms with Crippen LogP contribution in [0.15, 0.2) is 36.9 Å². The number of aromatic nitrogens is 4. The van der Waals surface area contributed by atoms with E-state index in [0.29, 0.717) is 11.3 Å². The van der Waals surface area contributed by atoms with E-state index in [1.807, 2.05) is 22.8 Å². The lowest BCUT2D eigenvalue weighted by Crippen LogP contribution is -2.46. The minimum absolute atomic E-state index is 0.435. The van der Waals surface area contributed by atoms with E-state index >= 15 is 0 Å². The van der Waals surface area contributed by atoms with Crippen LogP contribution in [0.25, 0.3) is 11.2 Å². The molecule has 0 saturated carbocycles. The van der Waals surface area contributed by atoms with E-state index in [-0.39, 0.29) is 0 Å². The Hall–Kier alpha value is -2.38. The molecular weight excluding hydrogens is 350 g/mol. The summed E-state index contributed by atoms with van der Waals surface area (Å²) < 4.78 is 2.05. The second kappa shape index (κ2) is 7.47. The van der Waals surface area contributed by atoms with Gasteiger partial charge in [-0.25, -0.2) is 15.0 Å². The number of hydrogen-bond donors (Lipinski definition) is 1. The highest BCUT2D eigenvalue weighted by Gasteiger charge is 2.18. The number of anilines is 2. The highest BCUT2D eigenvalue weighted by molar-refractivity contribution is 6.33. The van der Waals surface area contributed by atoms with Gasteiger partial charge < -0.3 is 15.2 Å². The molecule has 136 valence electrons. The molecule has 1 aromatic carbocycles. The maximum atomic E-state index is 6.31. The summed E-state index contributed by atoms with van der Waals surface area (Å²) in [5.74, 6) is 0.435. The number of aryl methyl sites for hydroxylation is 1. The molecule has 2 N–H and O–H groups in total. The van der Waals surface area contributed by atoms with Crippen LogP contribution < -0.4 is 10.6 Å². The molecule has 0 amide bonds. The number of nitrogen functional groups attached to an aromatic ring is 1. The summed E-state index contributed by atoms with van der Waals surface area (Å²) in [6.45, 7) is 6.02. The van der Waals surface area contributed by atoms with Crippen LogP contribution in [-0.4, -0.2) is 57.1 Å². The topological polar surface area (TPSA) is 76.1 Å². The summed E-state index contributed by atoms with van der Waals surface area (Å²) >= 11 is 6.31. The fourth-order valence-electron chi connectivity index (χ4n) is 3.45. The Kier molecular flexibility index (Phi) is 4.90. The highest BCUT2D eigenvalue weighted by Crippen LogP contribution is 2.26. The number of halogens is 1. The van der Waals surface area contributed by atoms with Crippen molar-refractivity contribution in [3.8, 4) is 0 Å². The second-order valence-corrected chi connectivity index (χ2v) is 6.91. The molecule has 0 radical (unpaired) electrons. The molecule has 1 aliphatic rings. The Morgan fingerprint density at radius 1 is 1.00 bits per heavy atom. The van der Waals surface area contributed by atoms with Gasteiger partial charge in [0.15, 0.2) is 11.5 Å². The van der Waals surface area contributed by atoms with Gasteiger partial charge in [0.05, 0.1) is 17.0 Å². The molecule has 8 heteroatoms. The van der Waals surface area contributed by atoms with Crippen LogP contribution in [0.4, 0.5) is 11.5 Å².